The molecule has 1 saturated heterocycles. The Morgan fingerprint density at radius 2 is 2.55 bits per heavy atom. The van der Waals surface area contributed by atoms with Crippen LogP contribution in [0.25, 0.3) is 0 Å². The van der Waals surface area contributed by atoms with Crippen LogP contribution < -0.4 is 0 Å². The Bertz CT molecular complexity index is 241. The topological polar surface area (TPSA) is 47.3 Å². The summed E-state index contributed by atoms with van der Waals surface area (Å²) in [5.74, 6) is 0.357. The molecule has 0 unspecified atom stereocenters. The lowest BCUT2D eigenvalue weighted by atomic mass is 10.2. The van der Waals surface area contributed by atoms with Crippen LogP contribution in [0.3, 0.4) is 0 Å². The SMILES string of the molecule is N=C1C=C[C@@]2(O)C[C@H](Cl)CN12. The van der Waals surface area contributed by atoms with Gasteiger partial charge in [-0.3, -0.25) is 5.41 Å². The summed E-state index contributed by atoms with van der Waals surface area (Å²) in [6.07, 6.45) is 3.77. The number of alkyl halides is 1. The number of halogens is 1. The molecule has 0 aromatic rings. The zero-order valence-corrected chi connectivity index (χ0v) is 6.67. The number of fused-ring (bicyclic) bond motifs is 1. The van der Waals surface area contributed by atoms with Gasteiger partial charge in [0.2, 0.25) is 0 Å². The molecular weight excluding hydrogens is 164 g/mol. The zero-order valence-electron chi connectivity index (χ0n) is 5.92. The van der Waals surface area contributed by atoms with Gasteiger partial charge in [0.25, 0.3) is 0 Å². The first-order chi connectivity index (χ1) is 5.12. The first-order valence-corrected chi connectivity index (χ1v) is 3.97. The summed E-state index contributed by atoms with van der Waals surface area (Å²) in [4.78, 5) is 1.62. The lowest BCUT2D eigenvalue weighted by Crippen LogP contribution is -2.40. The second kappa shape index (κ2) is 1.99. The van der Waals surface area contributed by atoms with Gasteiger partial charge in [0.15, 0.2) is 5.72 Å². The average Bonchev–Trinajstić information content (AvgIpc) is 2.32. The van der Waals surface area contributed by atoms with E-state index < -0.39 is 5.72 Å². The van der Waals surface area contributed by atoms with E-state index in [0.29, 0.717) is 18.8 Å². The lowest BCUT2D eigenvalue weighted by molar-refractivity contribution is 0.0111. The van der Waals surface area contributed by atoms with E-state index in [0.717, 1.165) is 0 Å². The quantitative estimate of drug-likeness (QED) is 0.524. The standard InChI is InChI=1S/C7H9ClN2O/c8-5-3-7(11)2-1-6(9)10(7)4-5/h1-2,5,9,11H,3-4H2/t5-,7+/m0/s1. The van der Waals surface area contributed by atoms with Crippen LogP contribution in [0.15, 0.2) is 12.2 Å². The van der Waals surface area contributed by atoms with Crippen LogP contribution in [0.2, 0.25) is 0 Å². The third-order valence-corrected chi connectivity index (χ3v) is 2.46. The summed E-state index contributed by atoms with van der Waals surface area (Å²) in [5.41, 5.74) is -0.955. The van der Waals surface area contributed by atoms with Crippen LogP contribution >= 0.6 is 11.6 Å². The Kier molecular flexibility index (Phi) is 1.29. The molecule has 3 nitrogen and oxygen atoms in total. The van der Waals surface area contributed by atoms with Crippen molar-refractivity contribution in [3.05, 3.63) is 12.2 Å². The van der Waals surface area contributed by atoms with Gasteiger partial charge >= 0.3 is 0 Å². The first kappa shape index (κ1) is 7.13. The van der Waals surface area contributed by atoms with Crippen molar-refractivity contribution in [1.29, 1.82) is 5.41 Å². The van der Waals surface area contributed by atoms with Gasteiger partial charge in [-0.1, -0.05) is 0 Å². The Hall–Kier alpha value is -0.540. The average molecular weight is 173 g/mol. The number of hydrogen-bond donors (Lipinski definition) is 2. The van der Waals surface area contributed by atoms with Gasteiger partial charge in [-0.25, -0.2) is 0 Å². The minimum Gasteiger partial charge on any atom is -0.367 e. The minimum atomic E-state index is -0.955. The van der Waals surface area contributed by atoms with Crippen LogP contribution in [-0.4, -0.2) is 33.5 Å². The van der Waals surface area contributed by atoms with E-state index in [9.17, 15) is 5.11 Å². The van der Waals surface area contributed by atoms with E-state index in [1.54, 1.807) is 17.1 Å². The van der Waals surface area contributed by atoms with Crippen LogP contribution in [0, 0.1) is 5.41 Å². The molecule has 0 aromatic heterocycles. The molecule has 2 rings (SSSR count). The number of amidine groups is 1. The van der Waals surface area contributed by atoms with Gasteiger partial charge in [-0.15, -0.1) is 11.6 Å². The van der Waals surface area contributed by atoms with Crippen molar-refractivity contribution in [3.8, 4) is 0 Å². The maximum Gasteiger partial charge on any atom is 0.160 e. The molecule has 11 heavy (non-hydrogen) atoms. The highest BCUT2D eigenvalue weighted by Gasteiger charge is 2.45. The second-order valence-electron chi connectivity index (χ2n) is 3.01. The molecule has 0 aliphatic carbocycles. The van der Waals surface area contributed by atoms with E-state index >= 15 is 0 Å². The largest absolute Gasteiger partial charge is 0.367 e. The van der Waals surface area contributed by atoms with E-state index in [4.69, 9.17) is 17.0 Å². The Morgan fingerprint density at radius 1 is 1.82 bits per heavy atom. The van der Waals surface area contributed by atoms with Crippen molar-refractivity contribution in [2.45, 2.75) is 17.5 Å². The highest BCUT2D eigenvalue weighted by molar-refractivity contribution is 6.21. The second-order valence-corrected chi connectivity index (χ2v) is 3.63. The summed E-state index contributed by atoms with van der Waals surface area (Å²) in [6, 6.07) is 0. The van der Waals surface area contributed by atoms with Crippen LogP contribution in [-0.2, 0) is 0 Å². The molecule has 2 heterocycles. The molecule has 2 atom stereocenters. The minimum absolute atomic E-state index is 0.0368. The van der Waals surface area contributed by atoms with Crippen molar-refractivity contribution < 1.29 is 5.11 Å². The fourth-order valence-corrected chi connectivity index (χ4v) is 1.99. The first-order valence-electron chi connectivity index (χ1n) is 3.54. The predicted molar refractivity (Wildman–Crippen MR) is 42.8 cm³/mol. The molecular formula is C7H9ClN2O. The van der Waals surface area contributed by atoms with Gasteiger partial charge in [0.1, 0.15) is 5.84 Å². The highest BCUT2D eigenvalue weighted by atomic mass is 35.5. The van der Waals surface area contributed by atoms with Gasteiger partial charge < -0.3 is 10.0 Å². The summed E-state index contributed by atoms with van der Waals surface area (Å²) in [7, 11) is 0. The maximum atomic E-state index is 9.79. The van der Waals surface area contributed by atoms with Crippen molar-refractivity contribution in [1.82, 2.24) is 4.90 Å². The van der Waals surface area contributed by atoms with Crippen molar-refractivity contribution in [2.24, 2.45) is 0 Å². The van der Waals surface area contributed by atoms with Crippen molar-refractivity contribution >= 4 is 17.4 Å². The molecule has 0 aromatic carbocycles. The van der Waals surface area contributed by atoms with Crippen molar-refractivity contribution in [3.63, 3.8) is 0 Å². The normalized spacial score (nSPS) is 41.8. The third kappa shape index (κ3) is 0.880. The van der Waals surface area contributed by atoms with Gasteiger partial charge in [0.05, 0.1) is 5.38 Å². The third-order valence-electron chi connectivity index (χ3n) is 2.17. The molecule has 60 valence electrons. The number of nitrogens with zero attached hydrogens (tertiary/aromatic N) is 1. The molecule has 0 amide bonds. The molecule has 2 aliphatic heterocycles. The molecule has 0 spiro atoms. The smallest absolute Gasteiger partial charge is 0.160 e. The summed E-state index contributed by atoms with van der Waals surface area (Å²) < 4.78 is 0. The molecule has 1 fully saturated rings. The zero-order chi connectivity index (χ0) is 8.06. The van der Waals surface area contributed by atoms with E-state index in [-0.39, 0.29) is 5.38 Å². The van der Waals surface area contributed by atoms with E-state index in [1.807, 2.05) is 0 Å². The number of rotatable bonds is 0. The maximum absolute atomic E-state index is 9.79. The summed E-state index contributed by atoms with van der Waals surface area (Å²) in [6.45, 7) is 0.573. The van der Waals surface area contributed by atoms with Crippen LogP contribution in [0.1, 0.15) is 6.42 Å². The molecule has 2 N–H and O–H groups in total. The fraction of sp³-hybridized carbons (Fsp3) is 0.571. The molecule has 2 aliphatic rings. The summed E-state index contributed by atoms with van der Waals surface area (Å²) >= 11 is 5.84. The lowest BCUT2D eigenvalue weighted by Gasteiger charge is -2.25. The van der Waals surface area contributed by atoms with Crippen molar-refractivity contribution in [2.75, 3.05) is 6.54 Å². The van der Waals surface area contributed by atoms with Crippen LogP contribution in [0.5, 0.6) is 0 Å². The van der Waals surface area contributed by atoms with E-state index in [2.05, 4.69) is 0 Å². The molecule has 0 saturated carbocycles. The highest BCUT2D eigenvalue weighted by Crippen LogP contribution is 2.34. The van der Waals surface area contributed by atoms with Gasteiger partial charge in [-0.2, -0.15) is 0 Å². The number of hydrogen-bond acceptors (Lipinski definition) is 2. The Labute approximate surface area is 69.8 Å². The molecule has 0 radical (unpaired) electrons. The molecule has 4 heteroatoms. The molecule has 0 bridgehead atoms. The van der Waals surface area contributed by atoms with Crippen LogP contribution in [0.4, 0.5) is 0 Å². The predicted octanol–water partition coefficient (Wildman–Crippen LogP) is 0.535. The monoisotopic (exact) mass is 172 g/mol. The number of aliphatic hydroxyl groups is 1. The Morgan fingerprint density at radius 3 is 3.18 bits per heavy atom. The number of nitrogens with one attached hydrogen (secondary N) is 1. The Balaban J connectivity index is 2.31. The summed E-state index contributed by atoms with van der Waals surface area (Å²) in [5, 5.41) is 17.2. The fourth-order valence-electron chi connectivity index (χ4n) is 1.62. The van der Waals surface area contributed by atoms with Gasteiger partial charge in [-0.05, 0) is 12.2 Å². The van der Waals surface area contributed by atoms with E-state index in [1.165, 1.54) is 0 Å². The van der Waals surface area contributed by atoms with Gasteiger partial charge in [0, 0.05) is 13.0 Å².